The lowest BCUT2D eigenvalue weighted by Crippen LogP contribution is -2.32. The maximum atomic E-state index is 6.34. The summed E-state index contributed by atoms with van der Waals surface area (Å²) in [6, 6.07) is 18.5. The Morgan fingerprint density at radius 2 is 1.94 bits per heavy atom. The highest BCUT2D eigenvalue weighted by Gasteiger charge is 2.41. The van der Waals surface area contributed by atoms with E-state index in [-0.39, 0.29) is 12.1 Å². The van der Waals surface area contributed by atoms with Crippen LogP contribution in [0.2, 0.25) is 0 Å². The molecular formula is C24H28N4OS2. The van der Waals surface area contributed by atoms with E-state index in [2.05, 4.69) is 77.5 Å². The Morgan fingerprint density at radius 3 is 2.65 bits per heavy atom. The van der Waals surface area contributed by atoms with E-state index >= 15 is 0 Å². The van der Waals surface area contributed by atoms with Gasteiger partial charge in [0, 0.05) is 17.6 Å². The van der Waals surface area contributed by atoms with Crippen molar-refractivity contribution in [3.05, 3.63) is 77.8 Å². The third kappa shape index (κ3) is 5.29. The summed E-state index contributed by atoms with van der Waals surface area (Å²) in [6.07, 6.45) is 2.85. The third-order valence-corrected chi connectivity index (χ3v) is 6.62. The minimum absolute atomic E-state index is 0.0306. The van der Waals surface area contributed by atoms with E-state index in [4.69, 9.17) is 16.6 Å². The van der Waals surface area contributed by atoms with Crippen molar-refractivity contribution in [2.75, 3.05) is 27.2 Å². The SMILES string of the molecule is Cc1ccc(Sc2ccc([C@@H]3[C@H](c4ccccn4)NC(=S)N3CCCN(C)C)o2)cc1. The Morgan fingerprint density at radius 1 is 1.13 bits per heavy atom. The Bertz CT molecular complexity index is 1000. The van der Waals surface area contributed by atoms with Gasteiger partial charge in [0.1, 0.15) is 11.8 Å². The fraction of sp³-hybridized carbons (Fsp3) is 0.333. The Labute approximate surface area is 193 Å². The predicted molar refractivity (Wildman–Crippen MR) is 129 cm³/mol. The van der Waals surface area contributed by atoms with Gasteiger partial charge in [-0.1, -0.05) is 35.5 Å². The number of aryl methyl sites for hydroxylation is 1. The van der Waals surface area contributed by atoms with Crippen molar-refractivity contribution in [3.8, 4) is 0 Å². The van der Waals surface area contributed by atoms with Crippen LogP contribution in [0.5, 0.6) is 0 Å². The number of furan rings is 1. The van der Waals surface area contributed by atoms with Gasteiger partial charge < -0.3 is 19.5 Å². The summed E-state index contributed by atoms with van der Waals surface area (Å²) < 4.78 is 6.34. The molecule has 1 N–H and O–H groups in total. The summed E-state index contributed by atoms with van der Waals surface area (Å²) in [6.45, 7) is 3.96. The molecule has 7 heteroatoms. The molecule has 4 rings (SSSR count). The lowest BCUT2D eigenvalue weighted by atomic mass is 10.0. The molecule has 1 aromatic carbocycles. The summed E-state index contributed by atoms with van der Waals surface area (Å²) in [4.78, 5) is 10.2. The van der Waals surface area contributed by atoms with Gasteiger partial charge in [-0.3, -0.25) is 4.98 Å². The number of thiocarbonyl (C=S) groups is 1. The van der Waals surface area contributed by atoms with Crippen molar-refractivity contribution < 1.29 is 4.42 Å². The molecule has 1 aliphatic rings. The summed E-state index contributed by atoms with van der Waals surface area (Å²) in [5.41, 5.74) is 2.22. The van der Waals surface area contributed by atoms with Crippen LogP contribution in [-0.4, -0.2) is 47.1 Å². The van der Waals surface area contributed by atoms with Crippen LogP contribution in [0.15, 0.2) is 75.2 Å². The molecular weight excluding hydrogens is 424 g/mol. The van der Waals surface area contributed by atoms with Crippen LogP contribution in [-0.2, 0) is 0 Å². The monoisotopic (exact) mass is 452 g/mol. The molecule has 0 unspecified atom stereocenters. The fourth-order valence-electron chi connectivity index (χ4n) is 3.78. The number of hydrogen-bond acceptors (Lipinski definition) is 5. The van der Waals surface area contributed by atoms with E-state index in [1.54, 1.807) is 11.8 Å². The molecule has 3 aromatic rings. The van der Waals surface area contributed by atoms with Gasteiger partial charge in [0.25, 0.3) is 0 Å². The molecule has 1 saturated heterocycles. The lowest BCUT2D eigenvalue weighted by Gasteiger charge is -2.26. The Kier molecular flexibility index (Phi) is 6.95. The normalized spacial score (nSPS) is 18.6. The summed E-state index contributed by atoms with van der Waals surface area (Å²) in [5, 5.41) is 5.12. The van der Waals surface area contributed by atoms with Crippen LogP contribution in [0.4, 0.5) is 0 Å². The van der Waals surface area contributed by atoms with E-state index in [9.17, 15) is 0 Å². The number of nitrogens with zero attached hydrogens (tertiary/aromatic N) is 3. The van der Waals surface area contributed by atoms with E-state index in [0.717, 1.165) is 46.1 Å². The number of pyridine rings is 1. The molecule has 1 fully saturated rings. The van der Waals surface area contributed by atoms with Gasteiger partial charge in [0.05, 0.1) is 11.7 Å². The molecule has 0 radical (unpaired) electrons. The summed E-state index contributed by atoms with van der Waals surface area (Å²) >= 11 is 7.36. The average molecular weight is 453 g/mol. The summed E-state index contributed by atoms with van der Waals surface area (Å²) in [5.74, 6) is 0.905. The van der Waals surface area contributed by atoms with Gasteiger partial charge in [-0.15, -0.1) is 0 Å². The van der Waals surface area contributed by atoms with Crippen LogP contribution in [0.1, 0.15) is 35.5 Å². The van der Waals surface area contributed by atoms with Crippen molar-refractivity contribution in [1.29, 1.82) is 0 Å². The van der Waals surface area contributed by atoms with Crippen molar-refractivity contribution in [2.45, 2.75) is 35.4 Å². The van der Waals surface area contributed by atoms with Gasteiger partial charge in [-0.05, 0) is 82.6 Å². The Hall–Kier alpha value is -2.35. The van der Waals surface area contributed by atoms with Crippen LogP contribution in [0, 0.1) is 6.92 Å². The molecule has 0 aliphatic carbocycles. The zero-order chi connectivity index (χ0) is 21.8. The zero-order valence-electron chi connectivity index (χ0n) is 18.1. The molecule has 1 aliphatic heterocycles. The fourth-order valence-corrected chi connectivity index (χ4v) is 4.89. The van der Waals surface area contributed by atoms with Crippen LogP contribution < -0.4 is 5.32 Å². The first-order valence-electron chi connectivity index (χ1n) is 10.5. The van der Waals surface area contributed by atoms with Crippen LogP contribution >= 0.6 is 24.0 Å². The first kappa shape index (κ1) is 21.9. The first-order valence-corrected chi connectivity index (χ1v) is 11.7. The highest BCUT2D eigenvalue weighted by molar-refractivity contribution is 7.99. The van der Waals surface area contributed by atoms with Gasteiger partial charge in [0.15, 0.2) is 10.2 Å². The number of benzene rings is 1. The van der Waals surface area contributed by atoms with Crippen molar-refractivity contribution in [2.24, 2.45) is 0 Å². The second-order valence-electron chi connectivity index (χ2n) is 8.05. The van der Waals surface area contributed by atoms with E-state index in [1.165, 1.54) is 5.56 Å². The second kappa shape index (κ2) is 9.85. The average Bonchev–Trinajstić information content (AvgIpc) is 3.34. The largest absolute Gasteiger partial charge is 0.452 e. The second-order valence-corrected chi connectivity index (χ2v) is 9.51. The number of hydrogen-bond donors (Lipinski definition) is 1. The van der Waals surface area contributed by atoms with E-state index < -0.39 is 0 Å². The number of nitrogens with one attached hydrogen (secondary N) is 1. The van der Waals surface area contributed by atoms with Gasteiger partial charge in [-0.25, -0.2) is 0 Å². The van der Waals surface area contributed by atoms with E-state index in [1.807, 2.05) is 24.4 Å². The van der Waals surface area contributed by atoms with Crippen molar-refractivity contribution in [1.82, 2.24) is 20.1 Å². The smallest absolute Gasteiger partial charge is 0.170 e. The number of aromatic nitrogens is 1. The minimum Gasteiger partial charge on any atom is -0.452 e. The molecule has 162 valence electrons. The topological polar surface area (TPSA) is 44.5 Å². The molecule has 2 aromatic heterocycles. The Balaban J connectivity index is 1.59. The zero-order valence-corrected chi connectivity index (χ0v) is 19.7. The molecule has 0 bridgehead atoms. The van der Waals surface area contributed by atoms with Crippen LogP contribution in [0.3, 0.4) is 0 Å². The molecule has 31 heavy (non-hydrogen) atoms. The lowest BCUT2D eigenvalue weighted by molar-refractivity contribution is 0.249. The standard InChI is InChI=1S/C24H28N4OS2/c1-17-8-10-18(11-9-17)31-21-13-12-20(29-21)23-22(19-7-4-5-14-25-19)26-24(30)28(23)16-6-15-27(2)3/h4-5,7-14,22-23H,6,15-16H2,1-3H3,(H,26,30)/t22-,23+/m0/s1. The molecule has 3 heterocycles. The minimum atomic E-state index is -0.0450. The molecule has 2 atom stereocenters. The highest BCUT2D eigenvalue weighted by Crippen LogP contribution is 2.41. The summed E-state index contributed by atoms with van der Waals surface area (Å²) in [7, 11) is 4.19. The maximum absolute atomic E-state index is 6.34. The molecule has 0 amide bonds. The third-order valence-electron chi connectivity index (χ3n) is 5.34. The highest BCUT2D eigenvalue weighted by atomic mass is 32.2. The molecule has 0 saturated carbocycles. The van der Waals surface area contributed by atoms with Gasteiger partial charge in [0.2, 0.25) is 0 Å². The predicted octanol–water partition coefficient (Wildman–Crippen LogP) is 5.06. The molecule has 5 nitrogen and oxygen atoms in total. The van der Waals surface area contributed by atoms with Crippen molar-refractivity contribution >= 4 is 29.1 Å². The molecule has 0 spiro atoms. The number of rotatable bonds is 8. The van der Waals surface area contributed by atoms with Gasteiger partial charge in [-0.2, -0.15) is 0 Å². The maximum Gasteiger partial charge on any atom is 0.170 e. The quantitative estimate of drug-likeness (QED) is 0.479. The van der Waals surface area contributed by atoms with E-state index in [0.29, 0.717) is 0 Å². The first-order chi connectivity index (χ1) is 15.0. The van der Waals surface area contributed by atoms with Crippen molar-refractivity contribution in [3.63, 3.8) is 0 Å². The van der Waals surface area contributed by atoms with Crippen LogP contribution in [0.25, 0.3) is 0 Å². The van der Waals surface area contributed by atoms with Gasteiger partial charge >= 0.3 is 0 Å².